The van der Waals surface area contributed by atoms with Crippen molar-refractivity contribution in [2.75, 3.05) is 0 Å². The zero-order valence-electron chi connectivity index (χ0n) is 11.6. The van der Waals surface area contributed by atoms with E-state index in [-0.39, 0.29) is 0 Å². The minimum atomic E-state index is -0.702. The fraction of sp³-hybridized carbons (Fsp3) is 0.333. The first-order valence-corrected chi connectivity index (χ1v) is 6.12. The normalized spacial score (nSPS) is 11.4. The van der Waals surface area contributed by atoms with Crippen molar-refractivity contribution >= 4 is 17.1 Å². The van der Waals surface area contributed by atoms with Crippen molar-refractivity contribution in [2.45, 2.75) is 33.3 Å². The van der Waals surface area contributed by atoms with E-state index in [4.69, 9.17) is 9.47 Å². The maximum absolute atomic E-state index is 11.6. The summed E-state index contributed by atoms with van der Waals surface area (Å²) in [6, 6.07) is 9.16. The predicted octanol–water partition coefficient (Wildman–Crippen LogP) is 3.86. The standard InChI is InChI=1S/C15H17NO3/c1-10-5-6-11-9-12(7-8-13(11)16-10)18-14(17)19-15(2,3)4/h5-9H,1-4H3. The highest BCUT2D eigenvalue weighted by Crippen LogP contribution is 2.21. The summed E-state index contributed by atoms with van der Waals surface area (Å²) in [6.45, 7) is 7.31. The lowest BCUT2D eigenvalue weighted by molar-refractivity contribution is 0.0206. The van der Waals surface area contributed by atoms with Gasteiger partial charge < -0.3 is 9.47 Å². The second-order valence-electron chi connectivity index (χ2n) is 5.37. The van der Waals surface area contributed by atoms with Gasteiger partial charge in [0.25, 0.3) is 0 Å². The molecule has 0 aliphatic rings. The summed E-state index contributed by atoms with van der Waals surface area (Å²) in [5.41, 5.74) is 1.26. The van der Waals surface area contributed by atoms with E-state index in [1.807, 2.05) is 25.1 Å². The van der Waals surface area contributed by atoms with E-state index in [1.54, 1.807) is 32.9 Å². The Morgan fingerprint density at radius 3 is 2.58 bits per heavy atom. The Labute approximate surface area is 112 Å². The summed E-state index contributed by atoms with van der Waals surface area (Å²) in [6.07, 6.45) is -0.702. The minimum absolute atomic E-state index is 0.451. The van der Waals surface area contributed by atoms with E-state index in [1.165, 1.54) is 0 Å². The SMILES string of the molecule is Cc1ccc2cc(OC(=O)OC(C)(C)C)ccc2n1. The number of carbonyl (C=O) groups is 1. The van der Waals surface area contributed by atoms with E-state index in [0.29, 0.717) is 5.75 Å². The van der Waals surface area contributed by atoms with E-state index >= 15 is 0 Å². The lowest BCUT2D eigenvalue weighted by Crippen LogP contribution is -2.25. The maximum atomic E-state index is 11.6. The second kappa shape index (κ2) is 4.88. The van der Waals surface area contributed by atoms with Crippen LogP contribution in [0.5, 0.6) is 5.75 Å². The molecule has 1 aromatic carbocycles. The number of fused-ring (bicyclic) bond motifs is 1. The molecule has 0 atom stereocenters. The van der Waals surface area contributed by atoms with E-state index < -0.39 is 11.8 Å². The number of nitrogens with zero attached hydrogens (tertiary/aromatic N) is 1. The van der Waals surface area contributed by atoms with Gasteiger partial charge in [0.1, 0.15) is 11.4 Å². The van der Waals surface area contributed by atoms with Crippen LogP contribution in [0, 0.1) is 6.92 Å². The molecule has 4 heteroatoms. The smallest absolute Gasteiger partial charge is 0.428 e. The highest BCUT2D eigenvalue weighted by Gasteiger charge is 2.18. The molecule has 2 rings (SSSR count). The number of hydrogen-bond donors (Lipinski definition) is 0. The summed E-state index contributed by atoms with van der Waals surface area (Å²) in [7, 11) is 0. The van der Waals surface area contributed by atoms with Crippen LogP contribution in [-0.4, -0.2) is 16.7 Å². The molecule has 0 saturated carbocycles. The number of pyridine rings is 1. The van der Waals surface area contributed by atoms with Crippen molar-refractivity contribution in [1.82, 2.24) is 4.98 Å². The fourth-order valence-corrected chi connectivity index (χ4v) is 1.64. The molecule has 4 nitrogen and oxygen atoms in total. The lowest BCUT2D eigenvalue weighted by atomic mass is 10.2. The summed E-state index contributed by atoms with van der Waals surface area (Å²) >= 11 is 0. The Kier molecular flexibility index (Phi) is 3.42. The molecule has 1 heterocycles. The molecule has 0 aliphatic heterocycles. The van der Waals surface area contributed by atoms with Crippen LogP contribution in [0.25, 0.3) is 10.9 Å². The van der Waals surface area contributed by atoms with Gasteiger partial charge in [0.15, 0.2) is 0 Å². The van der Waals surface area contributed by atoms with Crippen LogP contribution in [-0.2, 0) is 4.74 Å². The van der Waals surface area contributed by atoms with Crippen LogP contribution in [0.1, 0.15) is 26.5 Å². The largest absolute Gasteiger partial charge is 0.514 e. The first-order valence-electron chi connectivity index (χ1n) is 6.12. The maximum Gasteiger partial charge on any atom is 0.514 e. The molecule has 0 saturated heterocycles. The van der Waals surface area contributed by atoms with Gasteiger partial charge in [-0.1, -0.05) is 6.07 Å². The molecular formula is C15H17NO3. The monoisotopic (exact) mass is 259 g/mol. The topological polar surface area (TPSA) is 48.4 Å². The minimum Gasteiger partial charge on any atom is -0.428 e. The van der Waals surface area contributed by atoms with Crippen molar-refractivity contribution < 1.29 is 14.3 Å². The Morgan fingerprint density at radius 2 is 1.89 bits per heavy atom. The number of aromatic nitrogens is 1. The number of benzene rings is 1. The van der Waals surface area contributed by atoms with Gasteiger partial charge in [-0.2, -0.15) is 0 Å². The van der Waals surface area contributed by atoms with Crippen LogP contribution < -0.4 is 4.74 Å². The Hall–Kier alpha value is -2.10. The third-order valence-corrected chi connectivity index (χ3v) is 2.39. The lowest BCUT2D eigenvalue weighted by Gasteiger charge is -2.18. The molecule has 0 amide bonds. The van der Waals surface area contributed by atoms with Crippen molar-refractivity contribution in [3.05, 3.63) is 36.0 Å². The summed E-state index contributed by atoms with van der Waals surface area (Å²) < 4.78 is 10.2. The Balaban J connectivity index is 2.18. The molecule has 2 aromatic rings. The van der Waals surface area contributed by atoms with Gasteiger partial charge in [0.2, 0.25) is 0 Å². The molecular weight excluding hydrogens is 242 g/mol. The van der Waals surface area contributed by atoms with Crippen LogP contribution in [0.15, 0.2) is 30.3 Å². The quantitative estimate of drug-likeness (QED) is 0.576. The Morgan fingerprint density at radius 1 is 1.16 bits per heavy atom. The van der Waals surface area contributed by atoms with Crippen molar-refractivity contribution in [3.63, 3.8) is 0 Å². The molecule has 100 valence electrons. The van der Waals surface area contributed by atoms with Gasteiger partial charge in [-0.3, -0.25) is 4.98 Å². The predicted molar refractivity (Wildman–Crippen MR) is 73.3 cm³/mol. The zero-order valence-corrected chi connectivity index (χ0v) is 11.6. The average Bonchev–Trinajstić information content (AvgIpc) is 2.26. The number of ether oxygens (including phenoxy) is 2. The van der Waals surface area contributed by atoms with Crippen LogP contribution in [0.3, 0.4) is 0 Å². The third-order valence-electron chi connectivity index (χ3n) is 2.39. The highest BCUT2D eigenvalue weighted by molar-refractivity contribution is 5.81. The molecule has 0 spiro atoms. The molecule has 0 fully saturated rings. The number of carbonyl (C=O) groups excluding carboxylic acids is 1. The van der Waals surface area contributed by atoms with Crippen LogP contribution >= 0.6 is 0 Å². The van der Waals surface area contributed by atoms with Crippen molar-refractivity contribution in [3.8, 4) is 5.75 Å². The third kappa shape index (κ3) is 3.68. The van der Waals surface area contributed by atoms with E-state index in [0.717, 1.165) is 16.6 Å². The van der Waals surface area contributed by atoms with Gasteiger partial charge in [-0.05, 0) is 52.0 Å². The van der Waals surface area contributed by atoms with Gasteiger partial charge in [-0.25, -0.2) is 4.79 Å². The molecule has 19 heavy (non-hydrogen) atoms. The molecule has 0 aliphatic carbocycles. The van der Waals surface area contributed by atoms with Gasteiger partial charge in [-0.15, -0.1) is 0 Å². The molecule has 0 radical (unpaired) electrons. The van der Waals surface area contributed by atoms with Crippen LogP contribution in [0.2, 0.25) is 0 Å². The van der Waals surface area contributed by atoms with Gasteiger partial charge in [0, 0.05) is 11.1 Å². The van der Waals surface area contributed by atoms with Crippen molar-refractivity contribution in [2.24, 2.45) is 0 Å². The van der Waals surface area contributed by atoms with E-state index in [2.05, 4.69) is 4.98 Å². The second-order valence-corrected chi connectivity index (χ2v) is 5.37. The highest BCUT2D eigenvalue weighted by atomic mass is 16.7. The molecule has 1 aromatic heterocycles. The first-order chi connectivity index (χ1) is 8.83. The number of aryl methyl sites for hydroxylation is 1. The van der Waals surface area contributed by atoms with Gasteiger partial charge in [0.05, 0.1) is 5.52 Å². The molecule has 0 N–H and O–H groups in total. The first kappa shape index (κ1) is 13.3. The fourth-order valence-electron chi connectivity index (χ4n) is 1.64. The molecule has 0 unspecified atom stereocenters. The summed E-state index contributed by atoms with van der Waals surface area (Å²) in [5.74, 6) is 0.451. The molecule has 0 bridgehead atoms. The van der Waals surface area contributed by atoms with E-state index in [9.17, 15) is 4.79 Å². The van der Waals surface area contributed by atoms with Crippen molar-refractivity contribution in [1.29, 1.82) is 0 Å². The van der Waals surface area contributed by atoms with Gasteiger partial charge >= 0.3 is 6.16 Å². The summed E-state index contributed by atoms with van der Waals surface area (Å²) in [4.78, 5) is 15.9. The number of rotatable bonds is 1. The zero-order chi connectivity index (χ0) is 14.0. The Bertz CT molecular complexity index is 614. The summed E-state index contributed by atoms with van der Waals surface area (Å²) in [5, 5.41) is 0.923. The van der Waals surface area contributed by atoms with Crippen LogP contribution in [0.4, 0.5) is 4.79 Å². The number of hydrogen-bond acceptors (Lipinski definition) is 4. The average molecular weight is 259 g/mol.